The maximum absolute atomic E-state index is 13.7. The molecule has 9 rings (SSSR count). The number of carbonyl (C=O) groups excluding carboxylic acids is 4. The zero-order valence-corrected chi connectivity index (χ0v) is 42.8. The number of urea groups is 1. The number of halogens is 1. The molecule has 4 amide bonds. The van der Waals surface area contributed by atoms with Crippen LogP contribution >= 0.6 is 22.9 Å². The molecular weight excluding hydrogens is 988 g/mol. The summed E-state index contributed by atoms with van der Waals surface area (Å²) in [5.41, 5.74) is 3.69. The summed E-state index contributed by atoms with van der Waals surface area (Å²) in [6, 6.07) is 19.0. The molecule has 3 aromatic carbocycles. The molecule has 4 saturated heterocycles. The molecule has 4 aliphatic rings. The molecule has 72 heavy (non-hydrogen) atoms. The van der Waals surface area contributed by atoms with Gasteiger partial charge in [-0.15, -0.1) is 11.3 Å². The molecule has 4 aliphatic heterocycles. The lowest BCUT2D eigenvalue weighted by atomic mass is 9.72. The summed E-state index contributed by atoms with van der Waals surface area (Å²) >= 11 is 7.60. The first-order valence-corrected chi connectivity index (χ1v) is 26.7. The van der Waals surface area contributed by atoms with E-state index < -0.39 is 46.1 Å². The van der Waals surface area contributed by atoms with Crippen LogP contribution in [0.1, 0.15) is 80.6 Å². The van der Waals surface area contributed by atoms with Gasteiger partial charge in [0.1, 0.15) is 16.7 Å². The van der Waals surface area contributed by atoms with Crippen molar-refractivity contribution in [2.24, 2.45) is 12.5 Å². The van der Waals surface area contributed by atoms with Gasteiger partial charge in [-0.3, -0.25) is 24.0 Å². The average molecular weight is 1050 g/mol. The minimum atomic E-state index is -3.69. The molecule has 4 N–H and O–H groups in total. The van der Waals surface area contributed by atoms with Crippen LogP contribution in [0.4, 0.5) is 21.9 Å². The molecule has 5 aromatic rings. The van der Waals surface area contributed by atoms with Gasteiger partial charge in [-0.2, -0.15) is 0 Å². The number of ether oxygens (including phenoxy) is 2. The zero-order valence-electron chi connectivity index (χ0n) is 40.4. The van der Waals surface area contributed by atoms with Gasteiger partial charge >= 0.3 is 23.7 Å². The number of likely N-dealkylation sites (tertiary alicyclic amines) is 1. The standard InChI is InChI=1S/C50H57ClN8O11S2/c1-49(2,3)70-40(61)26-69-42-41(51)43(71-44(42)46(63)64)31-8-6-10-34(24-31)52-32-15-19-58(20-16-32)72(67,68)27-30-7-5-9-33(23-30)53-47(65)57-28-50(29-57)17-21-56(22-18-50)35-11-12-36-38(25-35)55(4)48(66)59(36)37-13-14-39(60)54-45(37)62/h5-12,23-25,32,37,52H,13-22,26-29H2,1-4H3,(H,53,65)(H,63,64)(H,54,60,62). The fourth-order valence-corrected chi connectivity index (χ4v) is 13.1. The second-order valence-electron chi connectivity index (χ2n) is 20.1. The van der Waals surface area contributed by atoms with Gasteiger partial charge in [0.05, 0.1) is 21.7 Å². The number of fused-ring (bicyclic) bond motifs is 1. The van der Waals surface area contributed by atoms with Crippen LogP contribution in [-0.4, -0.2) is 119 Å². The number of hydrogen-bond acceptors (Lipinski definition) is 13. The molecule has 2 aromatic heterocycles. The zero-order chi connectivity index (χ0) is 51.3. The molecule has 0 radical (unpaired) electrons. The van der Waals surface area contributed by atoms with Crippen molar-refractivity contribution in [1.82, 2.24) is 23.7 Å². The van der Waals surface area contributed by atoms with Crippen LogP contribution in [0, 0.1) is 5.41 Å². The van der Waals surface area contributed by atoms with Gasteiger partial charge in [-0.05, 0) is 106 Å². The summed E-state index contributed by atoms with van der Waals surface area (Å²) in [5, 5.41) is 18.8. The van der Waals surface area contributed by atoms with Crippen LogP contribution in [0.5, 0.6) is 5.75 Å². The first-order chi connectivity index (χ1) is 34.2. The number of aryl methyl sites for hydroxylation is 1. The average Bonchev–Trinajstić information content (AvgIpc) is 3.78. The van der Waals surface area contributed by atoms with Crippen LogP contribution < -0.4 is 31.3 Å². The molecule has 6 heterocycles. The van der Waals surface area contributed by atoms with Crippen LogP contribution in [0.25, 0.3) is 21.5 Å². The fraction of sp³-hybridized carbons (Fsp3) is 0.440. The first kappa shape index (κ1) is 50.5. The Labute approximate surface area is 425 Å². The SMILES string of the molecule is Cn1c(=O)n(C2CCC(=O)NC2=O)c2ccc(N3CCC4(CC3)CN(C(=O)Nc3cccc(CS(=O)(=O)N5CCC(Nc6cccc(-c7sc(C(=O)O)c(OCC(=O)OC(C)(C)C)c7Cl)c6)CC5)c3)C4)cc21. The van der Waals surface area contributed by atoms with Crippen molar-refractivity contribution in [3.05, 3.63) is 92.7 Å². The van der Waals surface area contributed by atoms with Crippen molar-refractivity contribution in [3.63, 3.8) is 0 Å². The Kier molecular flexibility index (Phi) is 14.0. The van der Waals surface area contributed by atoms with Crippen molar-refractivity contribution < 1.29 is 47.0 Å². The lowest BCUT2D eigenvalue weighted by Gasteiger charge is -2.54. The summed E-state index contributed by atoms with van der Waals surface area (Å²) in [4.78, 5) is 79.9. The number of aromatic nitrogens is 2. The minimum absolute atomic E-state index is 0.0119. The highest BCUT2D eigenvalue weighted by Gasteiger charge is 2.47. The Hall–Kier alpha value is -6.42. The number of esters is 1. The number of sulfonamides is 1. The molecule has 382 valence electrons. The smallest absolute Gasteiger partial charge is 0.349 e. The molecule has 0 aliphatic carbocycles. The number of imide groups is 1. The van der Waals surface area contributed by atoms with Crippen molar-refractivity contribution in [1.29, 1.82) is 0 Å². The van der Waals surface area contributed by atoms with Gasteiger partial charge in [0.2, 0.25) is 21.8 Å². The maximum atomic E-state index is 13.7. The Bertz CT molecular complexity index is 3140. The third-order valence-electron chi connectivity index (χ3n) is 13.8. The molecule has 22 heteroatoms. The Balaban J connectivity index is 0.741. The molecular formula is C50H57ClN8O11S2. The number of nitrogens with one attached hydrogen (secondary N) is 3. The number of carbonyl (C=O) groups is 5. The number of amides is 4. The van der Waals surface area contributed by atoms with Crippen molar-refractivity contribution >= 4 is 90.8 Å². The van der Waals surface area contributed by atoms with E-state index in [2.05, 4.69) is 20.9 Å². The van der Waals surface area contributed by atoms with E-state index in [-0.39, 0.29) is 63.3 Å². The van der Waals surface area contributed by atoms with Crippen molar-refractivity contribution in [2.75, 3.05) is 61.4 Å². The lowest BCUT2D eigenvalue weighted by molar-refractivity contribution is -0.157. The fourth-order valence-electron chi connectivity index (χ4n) is 10.1. The number of anilines is 3. The molecule has 1 atom stereocenters. The highest BCUT2D eigenvalue weighted by Crippen LogP contribution is 2.46. The number of imidazole rings is 1. The van der Waals surface area contributed by atoms with Gasteiger partial charge in [-0.1, -0.05) is 35.9 Å². The van der Waals surface area contributed by atoms with E-state index in [1.165, 1.54) is 13.4 Å². The van der Waals surface area contributed by atoms with E-state index in [4.69, 9.17) is 21.1 Å². The van der Waals surface area contributed by atoms with E-state index in [9.17, 15) is 42.3 Å². The number of nitrogens with zero attached hydrogens (tertiary/aromatic N) is 5. The molecule has 1 spiro atoms. The van der Waals surface area contributed by atoms with Crippen LogP contribution in [0.3, 0.4) is 0 Å². The van der Waals surface area contributed by atoms with E-state index in [0.29, 0.717) is 71.7 Å². The summed E-state index contributed by atoms with van der Waals surface area (Å²) in [7, 11) is -2.01. The Morgan fingerprint density at radius 3 is 2.32 bits per heavy atom. The highest BCUT2D eigenvalue weighted by atomic mass is 35.5. The van der Waals surface area contributed by atoms with Crippen molar-refractivity contribution in [3.8, 4) is 16.2 Å². The third-order valence-corrected chi connectivity index (χ3v) is 17.3. The normalized spacial score (nSPS) is 18.7. The van der Waals surface area contributed by atoms with Gasteiger partial charge in [0.25, 0.3) is 0 Å². The number of carboxylic acids is 1. The molecule has 19 nitrogen and oxygen atoms in total. The number of rotatable bonds is 13. The number of piperidine rings is 3. The topological polar surface area (TPSA) is 231 Å². The highest BCUT2D eigenvalue weighted by molar-refractivity contribution is 7.88. The number of thiophene rings is 1. The van der Waals surface area contributed by atoms with Crippen LogP contribution in [0.2, 0.25) is 5.02 Å². The van der Waals surface area contributed by atoms with Gasteiger partial charge < -0.3 is 35.0 Å². The minimum Gasteiger partial charge on any atom is -0.479 e. The molecule has 1 unspecified atom stereocenters. The molecule has 4 fully saturated rings. The lowest BCUT2D eigenvalue weighted by Crippen LogP contribution is -2.62. The van der Waals surface area contributed by atoms with Crippen molar-refractivity contribution in [2.45, 2.75) is 82.7 Å². The molecule has 0 bridgehead atoms. The van der Waals surface area contributed by atoms with Crippen LogP contribution in [-0.2, 0) is 41.9 Å². The number of carboxylic acid groups (broad SMARTS) is 1. The van der Waals surface area contributed by atoms with Gasteiger partial charge in [0, 0.05) is 81.3 Å². The number of aromatic carboxylic acids is 1. The van der Waals surface area contributed by atoms with E-state index in [1.807, 2.05) is 36.4 Å². The third kappa shape index (κ3) is 10.7. The number of benzene rings is 3. The first-order valence-electron chi connectivity index (χ1n) is 23.9. The Morgan fingerprint density at radius 1 is 0.917 bits per heavy atom. The van der Waals surface area contributed by atoms with Gasteiger partial charge in [-0.25, -0.2) is 31.9 Å². The maximum Gasteiger partial charge on any atom is 0.349 e. The summed E-state index contributed by atoms with van der Waals surface area (Å²) in [6.07, 6.45) is 3.28. The second kappa shape index (κ2) is 19.9. The summed E-state index contributed by atoms with van der Waals surface area (Å²) in [5.74, 6) is -3.05. The quantitative estimate of drug-likeness (QED) is 0.0715. The van der Waals surface area contributed by atoms with E-state index >= 15 is 0 Å². The summed E-state index contributed by atoms with van der Waals surface area (Å²) < 4.78 is 42.8. The van der Waals surface area contributed by atoms with Crippen LogP contribution in [0.15, 0.2) is 71.5 Å². The predicted octanol–water partition coefficient (Wildman–Crippen LogP) is 6.66. The predicted molar refractivity (Wildman–Crippen MR) is 273 cm³/mol. The Morgan fingerprint density at radius 2 is 1.62 bits per heavy atom. The summed E-state index contributed by atoms with van der Waals surface area (Å²) in [6.45, 7) is 7.98. The van der Waals surface area contributed by atoms with Gasteiger partial charge in [0.15, 0.2) is 17.2 Å². The van der Waals surface area contributed by atoms with E-state index in [0.717, 1.165) is 48.6 Å². The second-order valence-corrected chi connectivity index (χ2v) is 23.4. The monoisotopic (exact) mass is 1040 g/mol. The molecule has 0 saturated carbocycles. The number of hydrogen-bond donors (Lipinski definition) is 4. The van der Waals surface area contributed by atoms with E-state index in [1.54, 1.807) is 63.1 Å². The largest absolute Gasteiger partial charge is 0.479 e.